The van der Waals surface area contributed by atoms with Gasteiger partial charge in [0.2, 0.25) is 4.91 Å². The summed E-state index contributed by atoms with van der Waals surface area (Å²) in [6, 6.07) is 7.12. The lowest BCUT2D eigenvalue weighted by atomic mass is 10.3. The second-order valence-electron chi connectivity index (χ2n) is 1.87. The molecule has 0 atom stereocenters. The summed E-state index contributed by atoms with van der Waals surface area (Å²) in [6.45, 7) is 0. The molecular weight excluding hydrogens is 162 g/mol. The summed E-state index contributed by atoms with van der Waals surface area (Å²) in [5.41, 5.74) is 0.711. The van der Waals surface area contributed by atoms with Gasteiger partial charge >= 0.3 is 0 Å². The Hall–Kier alpha value is -1.18. The zero-order valence-corrected chi connectivity index (χ0v) is 6.78. The van der Waals surface area contributed by atoms with Crippen molar-refractivity contribution in [1.82, 2.24) is 4.91 Å². The lowest BCUT2D eigenvalue weighted by Crippen LogP contribution is -1.65. The van der Waals surface area contributed by atoms with Crippen LogP contribution in [0.4, 0.5) is 5.69 Å². The molecule has 0 saturated heterocycles. The molecule has 1 aromatic rings. The van der Waals surface area contributed by atoms with Gasteiger partial charge in [0.1, 0.15) is 12.2 Å². The molecule has 3 nitrogen and oxygen atoms in total. The van der Waals surface area contributed by atoms with Crippen molar-refractivity contribution in [2.45, 2.75) is 0 Å². The second-order valence-corrected chi connectivity index (χ2v) is 2.31. The predicted octanol–water partition coefficient (Wildman–Crippen LogP) is 2.57. The van der Waals surface area contributed by atoms with Crippen molar-refractivity contribution in [2.75, 3.05) is 7.05 Å². The maximum atomic E-state index is 5.69. The van der Waals surface area contributed by atoms with Crippen molar-refractivity contribution in [1.29, 1.82) is 0 Å². The molecule has 0 N–H and O–H groups in total. The van der Waals surface area contributed by atoms with E-state index >= 15 is 0 Å². The maximum absolute atomic E-state index is 5.69. The Kier molecular flexibility index (Phi) is 2.78. The molecule has 0 fully saturated rings. The molecule has 11 heavy (non-hydrogen) atoms. The van der Waals surface area contributed by atoms with Gasteiger partial charge in [-0.1, -0.05) is 17.7 Å². The fraction of sp³-hybridized carbons (Fsp3) is 0.143. The average molecular weight is 169 g/mol. The van der Waals surface area contributed by atoms with Crippen LogP contribution in [0.25, 0.3) is 0 Å². The Labute approximate surface area is 69.4 Å². The maximum Gasteiger partial charge on any atom is 0.222 e. The fourth-order valence-electron chi connectivity index (χ4n) is 0.635. The first kappa shape index (κ1) is 7.92. The van der Waals surface area contributed by atoms with Gasteiger partial charge < -0.3 is 0 Å². The first-order valence-electron chi connectivity index (χ1n) is 3.08. The monoisotopic (exact) mass is 168 g/mol. The van der Waals surface area contributed by atoms with E-state index in [0.717, 1.165) is 0 Å². The SMILES string of the molecule is CN=[N+]=Nc1cccc(Cl)c1. The Bertz CT molecular complexity index is 302. The number of hydrogen-bond acceptors (Lipinski definition) is 2. The summed E-state index contributed by atoms with van der Waals surface area (Å²) >= 11 is 5.69. The van der Waals surface area contributed by atoms with Gasteiger partial charge in [-0.25, -0.2) is 0 Å². The van der Waals surface area contributed by atoms with Crippen LogP contribution < -0.4 is 4.91 Å². The molecule has 0 unspecified atom stereocenters. The lowest BCUT2D eigenvalue weighted by molar-refractivity contribution is 1.02. The molecule has 0 aliphatic carbocycles. The Morgan fingerprint density at radius 2 is 2.27 bits per heavy atom. The van der Waals surface area contributed by atoms with E-state index in [9.17, 15) is 0 Å². The summed E-state index contributed by atoms with van der Waals surface area (Å²) in [5.74, 6) is 0. The third kappa shape index (κ3) is 2.50. The van der Waals surface area contributed by atoms with E-state index in [1.54, 1.807) is 25.2 Å². The average Bonchev–Trinajstić information content (AvgIpc) is 2.01. The first-order chi connectivity index (χ1) is 5.33. The van der Waals surface area contributed by atoms with Gasteiger partial charge in [-0.05, 0) is 18.2 Å². The molecule has 0 spiro atoms. The van der Waals surface area contributed by atoms with Crippen LogP contribution >= 0.6 is 11.6 Å². The van der Waals surface area contributed by atoms with Crippen LogP contribution in [0.2, 0.25) is 5.02 Å². The molecule has 0 bridgehead atoms. The highest BCUT2D eigenvalue weighted by molar-refractivity contribution is 6.30. The molecule has 1 rings (SSSR count). The Morgan fingerprint density at radius 1 is 1.45 bits per heavy atom. The summed E-state index contributed by atoms with van der Waals surface area (Å²) in [7, 11) is 1.56. The van der Waals surface area contributed by atoms with Crippen LogP contribution in [-0.2, 0) is 0 Å². The van der Waals surface area contributed by atoms with Gasteiger partial charge in [0.15, 0.2) is 10.8 Å². The van der Waals surface area contributed by atoms with E-state index in [1.807, 2.05) is 6.07 Å². The quantitative estimate of drug-likeness (QED) is 0.457. The molecule has 56 valence electrons. The number of rotatable bonds is 1. The van der Waals surface area contributed by atoms with Crippen molar-refractivity contribution in [2.24, 2.45) is 10.2 Å². The van der Waals surface area contributed by atoms with E-state index in [2.05, 4.69) is 15.1 Å². The molecule has 0 aromatic heterocycles. The summed E-state index contributed by atoms with van der Waals surface area (Å²) in [4.78, 5) is 3.47. The molecule has 0 radical (unpaired) electrons. The van der Waals surface area contributed by atoms with Crippen molar-refractivity contribution < 1.29 is 0 Å². The van der Waals surface area contributed by atoms with Gasteiger partial charge in [-0.2, -0.15) is 0 Å². The van der Waals surface area contributed by atoms with E-state index in [4.69, 9.17) is 11.6 Å². The molecule has 0 amide bonds. The number of benzene rings is 1. The van der Waals surface area contributed by atoms with Crippen molar-refractivity contribution in [3.8, 4) is 0 Å². The molecule has 0 aliphatic rings. The van der Waals surface area contributed by atoms with E-state index in [0.29, 0.717) is 10.7 Å². The van der Waals surface area contributed by atoms with Crippen molar-refractivity contribution in [3.05, 3.63) is 29.3 Å². The predicted molar refractivity (Wildman–Crippen MR) is 44.0 cm³/mol. The number of hydrogen-bond donors (Lipinski definition) is 0. The van der Waals surface area contributed by atoms with Crippen LogP contribution in [0, 0.1) is 0 Å². The second kappa shape index (κ2) is 3.86. The zero-order chi connectivity index (χ0) is 8.10. The van der Waals surface area contributed by atoms with Crippen molar-refractivity contribution in [3.63, 3.8) is 0 Å². The van der Waals surface area contributed by atoms with Crippen molar-refractivity contribution >= 4 is 17.3 Å². The lowest BCUT2D eigenvalue weighted by Gasteiger charge is -1.84. The standard InChI is InChI=1S/C7H7ClN3/c1-9-11-10-7-4-2-3-6(8)5-7/h2-5H,1H3/q+1. The van der Waals surface area contributed by atoms with Gasteiger partial charge in [0.05, 0.1) is 0 Å². The molecule has 0 heterocycles. The van der Waals surface area contributed by atoms with E-state index < -0.39 is 0 Å². The third-order valence-corrected chi connectivity index (χ3v) is 1.29. The minimum atomic E-state index is 0.651. The highest BCUT2D eigenvalue weighted by atomic mass is 35.5. The van der Waals surface area contributed by atoms with Gasteiger partial charge in [-0.3, -0.25) is 0 Å². The minimum absolute atomic E-state index is 0.651. The van der Waals surface area contributed by atoms with E-state index in [-0.39, 0.29) is 0 Å². The van der Waals surface area contributed by atoms with Crippen LogP contribution in [-0.4, -0.2) is 7.05 Å². The normalized spacial score (nSPS) is 8.55. The van der Waals surface area contributed by atoms with Gasteiger partial charge in [0.25, 0.3) is 0 Å². The summed E-state index contributed by atoms with van der Waals surface area (Å²) in [5, 5.41) is 7.89. The molecule has 0 aliphatic heterocycles. The molecular formula is C7H7ClN3+. The van der Waals surface area contributed by atoms with Gasteiger partial charge in [-0.15, -0.1) is 0 Å². The van der Waals surface area contributed by atoms with Crippen LogP contribution in [0.1, 0.15) is 0 Å². The fourth-order valence-corrected chi connectivity index (χ4v) is 0.819. The van der Waals surface area contributed by atoms with E-state index in [1.165, 1.54) is 0 Å². The Balaban J connectivity index is 2.97. The minimum Gasteiger partial charge on any atom is -0.0843 e. The number of nitrogens with zero attached hydrogens (tertiary/aromatic N) is 3. The molecule has 0 saturated carbocycles. The number of halogens is 1. The van der Waals surface area contributed by atoms with Crippen LogP contribution in [0.15, 0.2) is 34.5 Å². The topological polar surface area (TPSA) is 38.8 Å². The largest absolute Gasteiger partial charge is 0.222 e. The third-order valence-electron chi connectivity index (χ3n) is 1.06. The zero-order valence-electron chi connectivity index (χ0n) is 6.03. The first-order valence-corrected chi connectivity index (χ1v) is 3.46. The molecule has 4 heteroatoms. The van der Waals surface area contributed by atoms with Gasteiger partial charge in [0, 0.05) is 5.02 Å². The molecule has 1 aromatic carbocycles. The highest BCUT2D eigenvalue weighted by Gasteiger charge is 1.94. The van der Waals surface area contributed by atoms with Crippen LogP contribution in [0.5, 0.6) is 0 Å². The highest BCUT2D eigenvalue weighted by Crippen LogP contribution is 2.16. The smallest absolute Gasteiger partial charge is 0.0843 e. The Morgan fingerprint density at radius 3 is 2.91 bits per heavy atom. The summed E-state index contributed by atoms with van der Waals surface area (Å²) < 4.78 is 0. The summed E-state index contributed by atoms with van der Waals surface area (Å²) in [6.07, 6.45) is 0. The van der Waals surface area contributed by atoms with Crippen LogP contribution in [0.3, 0.4) is 0 Å².